The first-order valence-electron chi connectivity index (χ1n) is 9.63. The van der Waals surface area contributed by atoms with E-state index in [0.29, 0.717) is 18.9 Å². The minimum absolute atomic E-state index is 0.0215. The standard InChI is InChI=1S/C23H24N2O2S/c1-2-27-20-11-7-6-10-19(20)24-22(26)16-25-14-12-21-18(13-15-28-21)23(25)17-8-4-3-5-9-17/h3-11,13,15,23H,2,12,14,16H2,1H3,(H,24,26). The molecule has 28 heavy (non-hydrogen) atoms. The Bertz CT molecular complexity index is 939. The predicted molar refractivity (Wildman–Crippen MR) is 114 cm³/mol. The van der Waals surface area contributed by atoms with Crippen LogP contribution in [0.2, 0.25) is 0 Å². The van der Waals surface area contributed by atoms with Gasteiger partial charge in [-0.25, -0.2) is 0 Å². The zero-order valence-electron chi connectivity index (χ0n) is 15.9. The van der Waals surface area contributed by atoms with Crippen LogP contribution in [0.15, 0.2) is 66.0 Å². The Balaban J connectivity index is 1.54. The number of amides is 1. The van der Waals surface area contributed by atoms with Crippen molar-refractivity contribution in [3.8, 4) is 5.75 Å². The molecular weight excluding hydrogens is 368 g/mol. The van der Waals surface area contributed by atoms with E-state index < -0.39 is 0 Å². The Morgan fingerprint density at radius 2 is 1.93 bits per heavy atom. The van der Waals surface area contributed by atoms with Crippen LogP contribution < -0.4 is 10.1 Å². The maximum atomic E-state index is 12.9. The van der Waals surface area contributed by atoms with E-state index >= 15 is 0 Å². The molecule has 1 N–H and O–H groups in total. The Hall–Kier alpha value is -2.63. The first-order chi connectivity index (χ1) is 13.8. The highest BCUT2D eigenvalue weighted by Crippen LogP contribution is 2.37. The predicted octanol–water partition coefficient (Wildman–Crippen LogP) is 4.73. The van der Waals surface area contributed by atoms with Gasteiger partial charge in [0.15, 0.2) is 0 Å². The smallest absolute Gasteiger partial charge is 0.238 e. The van der Waals surface area contributed by atoms with Crippen LogP contribution in [-0.2, 0) is 11.2 Å². The lowest BCUT2D eigenvalue weighted by atomic mass is 9.93. The summed E-state index contributed by atoms with van der Waals surface area (Å²) in [6.07, 6.45) is 0.985. The van der Waals surface area contributed by atoms with Crippen molar-refractivity contribution in [3.05, 3.63) is 82.0 Å². The SMILES string of the molecule is CCOc1ccccc1NC(=O)CN1CCc2sccc2C1c1ccccc1. The summed E-state index contributed by atoms with van der Waals surface area (Å²) in [6.45, 7) is 3.72. The second-order valence-electron chi connectivity index (χ2n) is 6.81. The number of carbonyl (C=O) groups excluding carboxylic acids is 1. The van der Waals surface area contributed by atoms with E-state index in [9.17, 15) is 4.79 Å². The summed E-state index contributed by atoms with van der Waals surface area (Å²) in [5, 5.41) is 5.18. The summed E-state index contributed by atoms with van der Waals surface area (Å²) in [7, 11) is 0. The van der Waals surface area contributed by atoms with Gasteiger partial charge in [-0.15, -0.1) is 11.3 Å². The molecule has 1 aliphatic heterocycles. The molecule has 0 bridgehead atoms. The molecule has 0 saturated carbocycles. The van der Waals surface area contributed by atoms with Gasteiger partial charge in [0, 0.05) is 11.4 Å². The summed E-state index contributed by atoms with van der Waals surface area (Å²) < 4.78 is 5.63. The fourth-order valence-electron chi connectivity index (χ4n) is 3.79. The number of anilines is 1. The molecule has 1 unspecified atom stereocenters. The van der Waals surface area contributed by atoms with Crippen LogP contribution in [0.3, 0.4) is 0 Å². The normalized spacial score (nSPS) is 16.4. The van der Waals surface area contributed by atoms with Crippen LogP contribution in [0, 0.1) is 0 Å². The Morgan fingerprint density at radius 3 is 2.75 bits per heavy atom. The van der Waals surface area contributed by atoms with Gasteiger partial charge >= 0.3 is 0 Å². The second kappa shape index (κ2) is 8.59. The van der Waals surface area contributed by atoms with Crippen molar-refractivity contribution < 1.29 is 9.53 Å². The number of benzene rings is 2. The first kappa shape index (κ1) is 18.7. The Kier molecular flexibility index (Phi) is 5.74. The zero-order valence-corrected chi connectivity index (χ0v) is 16.7. The van der Waals surface area contributed by atoms with E-state index in [0.717, 1.165) is 18.7 Å². The number of thiophene rings is 1. The highest BCUT2D eigenvalue weighted by molar-refractivity contribution is 7.10. The van der Waals surface area contributed by atoms with Crippen LogP contribution in [0.25, 0.3) is 0 Å². The van der Waals surface area contributed by atoms with E-state index in [2.05, 4.69) is 45.9 Å². The van der Waals surface area contributed by atoms with Gasteiger partial charge in [0.1, 0.15) is 5.75 Å². The van der Waals surface area contributed by atoms with Crippen molar-refractivity contribution in [2.24, 2.45) is 0 Å². The summed E-state index contributed by atoms with van der Waals surface area (Å²) in [5.74, 6) is 0.684. The zero-order chi connectivity index (χ0) is 19.3. The van der Waals surface area contributed by atoms with E-state index in [1.807, 2.05) is 48.6 Å². The summed E-state index contributed by atoms with van der Waals surface area (Å²) in [4.78, 5) is 16.5. The molecule has 0 aliphatic carbocycles. The monoisotopic (exact) mass is 392 g/mol. The van der Waals surface area contributed by atoms with Crippen molar-refractivity contribution in [3.63, 3.8) is 0 Å². The van der Waals surface area contributed by atoms with E-state index in [1.165, 1.54) is 16.0 Å². The van der Waals surface area contributed by atoms with Gasteiger partial charge in [-0.3, -0.25) is 9.69 Å². The molecule has 1 aromatic heterocycles. The summed E-state index contributed by atoms with van der Waals surface area (Å²) in [5.41, 5.74) is 3.27. The van der Waals surface area contributed by atoms with Crippen LogP contribution in [0.5, 0.6) is 5.75 Å². The molecule has 1 atom stereocenters. The number of ether oxygens (including phenoxy) is 1. The van der Waals surface area contributed by atoms with Gasteiger partial charge in [-0.2, -0.15) is 0 Å². The van der Waals surface area contributed by atoms with Gasteiger partial charge in [0.25, 0.3) is 0 Å². The minimum Gasteiger partial charge on any atom is -0.492 e. The van der Waals surface area contributed by atoms with E-state index in [1.54, 1.807) is 0 Å². The molecule has 3 aromatic rings. The highest BCUT2D eigenvalue weighted by Gasteiger charge is 2.30. The summed E-state index contributed by atoms with van der Waals surface area (Å²) >= 11 is 1.81. The fourth-order valence-corrected chi connectivity index (χ4v) is 4.69. The average Bonchev–Trinajstić information content (AvgIpc) is 3.19. The fraction of sp³-hybridized carbons (Fsp3) is 0.261. The quantitative estimate of drug-likeness (QED) is 0.659. The summed E-state index contributed by atoms with van der Waals surface area (Å²) in [6, 6.07) is 20.3. The number of para-hydroxylation sites is 2. The Labute approximate surface area is 169 Å². The molecule has 1 aliphatic rings. The maximum Gasteiger partial charge on any atom is 0.238 e. The lowest BCUT2D eigenvalue weighted by Gasteiger charge is -2.35. The lowest BCUT2D eigenvalue weighted by molar-refractivity contribution is -0.117. The topological polar surface area (TPSA) is 41.6 Å². The lowest BCUT2D eigenvalue weighted by Crippen LogP contribution is -2.40. The van der Waals surface area contributed by atoms with Crippen LogP contribution in [0.4, 0.5) is 5.69 Å². The molecule has 5 heteroatoms. The molecule has 0 radical (unpaired) electrons. The number of nitrogens with one attached hydrogen (secondary N) is 1. The highest BCUT2D eigenvalue weighted by atomic mass is 32.1. The van der Waals surface area contributed by atoms with E-state index in [-0.39, 0.29) is 11.9 Å². The van der Waals surface area contributed by atoms with Gasteiger partial charge in [0.2, 0.25) is 5.91 Å². The van der Waals surface area contributed by atoms with Crippen molar-refractivity contribution in [2.45, 2.75) is 19.4 Å². The third kappa shape index (κ3) is 3.96. The molecular formula is C23H24N2O2S. The van der Waals surface area contributed by atoms with Gasteiger partial charge in [0.05, 0.1) is 24.9 Å². The first-order valence-corrected chi connectivity index (χ1v) is 10.5. The van der Waals surface area contributed by atoms with Crippen LogP contribution in [0.1, 0.15) is 29.0 Å². The average molecular weight is 393 g/mol. The van der Waals surface area contributed by atoms with Crippen molar-refractivity contribution in [1.82, 2.24) is 4.90 Å². The minimum atomic E-state index is -0.0215. The molecule has 4 nitrogen and oxygen atoms in total. The molecule has 1 amide bonds. The molecule has 4 rings (SSSR count). The van der Waals surface area contributed by atoms with E-state index in [4.69, 9.17) is 4.74 Å². The second-order valence-corrected chi connectivity index (χ2v) is 7.81. The molecule has 2 heterocycles. The van der Waals surface area contributed by atoms with Gasteiger partial charge < -0.3 is 10.1 Å². The van der Waals surface area contributed by atoms with Crippen LogP contribution in [-0.4, -0.2) is 30.5 Å². The number of hydrogen-bond donors (Lipinski definition) is 1. The van der Waals surface area contributed by atoms with Crippen molar-refractivity contribution in [1.29, 1.82) is 0 Å². The van der Waals surface area contributed by atoms with Crippen molar-refractivity contribution in [2.75, 3.05) is 25.0 Å². The largest absolute Gasteiger partial charge is 0.492 e. The molecule has 0 spiro atoms. The molecule has 2 aromatic carbocycles. The number of rotatable bonds is 6. The van der Waals surface area contributed by atoms with Gasteiger partial charge in [-0.05, 0) is 48.1 Å². The third-order valence-corrected chi connectivity index (χ3v) is 5.99. The van der Waals surface area contributed by atoms with Gasteiger partial charge in [-0.1, -0.05) is 42.5 Å². The number of nitrogens with zero attached hydrogens (tertiary/aromatic N) is 1. The molecule has 0 fully saturated rings. The third-order valence-electron chi connectivity index (χ3n) is 4.99. The van der Waals surface area contributed by atoms with Crippen LogP contribution >= 0.6 is 11.3 Å². The molecule has 0 saturated heterocycles. The van der Waals surface area contributed by atoms with Crippen molar-refractivity contribution >= 4 is 22.9 Å². The number of hydrogen-bond acceptors (Lipinski definition) is 4. The molecule has 144 valence electrons. The maximum absolute atomic E-state index is 12.9. The number of fused-ring (bicyclic) bond motifs is 1. The number of carbonyl (C=O) groups is 1. The Morgan fingerprint density at radius 1 is 1.14 bits per heavy atom.